The molecular formula is C12H15F3N2O4. The van der Waals surface area contributed by atoms with Gasteiger partial charge in [-0.15, -0.1) is 0 Å². The Bertz CT molecular complexity index is 494. The lowest BCUT2D eigenvalue weighted by atomic mass is 10.1. The van der Waals surface area contributed by atoms with Crippen LogP contribution in [-0.2, 0) is 6.54 Å². The van der Waals surface area contributed by atoms with Crippen LogP contribution in [0.1, 0.15) is 5.56 Å². The van der Waals surface area contributed by atoms with E-state index >= 15 is 0 Å². The lowest BCUT2D eigenvalue weighted by Crippen LogP contribution is -2.35. The van der Waals surface area contributed by atoms with Gasteiger partial charge >= 0.3 is 6.18 Å². The van der Waals surface area contributed by atoms with Gasteiger partial charge in [0.25, 0.3) is 5.69 Å². The highest BCUT2D eigenvalue weighted by Crippen LogP contribution is 2.24. The summed E-state index contributed by atoms with van der Waals surface area (Å²) in [6.07, 6.45) is -4.42. The van der Waals surface area contributed by atoms with Crippen molar-refractivity contribution < 1.29 is 27.9 Å². The summed E-state index contributed by atoms with van der Waals surface area (Å²) in [4.78, 5) is 11.1. The van der Waals surface area contributed by atoms with Crippen molar-refractivity contribution in [1.29, 1.82) is 0 Å². The molecule has 0 aliphatic carbocycles. The first-order chi connectivity index (χ1) is 9.75. The monoisotopic (exact) mass is 308 g/mol. The van der Waals surface area contributed by atoms with Crippen LogP contribution in [0.4, 0.5) is 18.9 Å². The maximum absolute atomic E-state index is 12.4. The van der Waals surface area contributed by atoms with Gasteiger partial charge in [-0.05, 0) is 11.6 Å². The molecule has 0 aromatic heterocycles. The Morgan fingerprint density at radius 3 is 2.52 bits per heavy atom. The van der Waals surface area contributed by atoms with Crippen molar-refractivity contribution in [2.75, 3.05) is 26.8 Å². The van der Waals surface area contributed by atoms with Crippen LogP contribution >= 0.6 is 0 Å². The van der Waals surface area contributed by atoms with Gasteiger partial charge in [0.1, 0.15) is 5.75 Å². The molecular weight excluding hydrogens is 293 g/mol. The molecule has 0 fully saturated rings. The first-order valence-corrected chi connectivity index (χ1v) is 5.97. The van der Waals surface area contributed by atoms with E-state index in [0.717, 1.165) is 4.90 Å². The van der Waals surface area contributed by atoms with Crippen LogP contribution in [-0.4, -0.2) is 47.9 Å². The van der Waals surface area contributed by atoms with Crippen molar-refractivity contribution in [3.63, 3.8) is 0 Å². The predicted octanol–water partition coefficient (Wildman–Crippen LogP) is 1.96. The van der Waals surface area contributed by atoms with Crippen molar-refractivity contribution in [3.8, 4) is 5.75 Å². The molecule has 0 spiro atoms. The molecule has 0 aliphatic heterocycles. The van der Waals surface area contributed by atoms with Crippen molar-refractivity contribution >= 4 is 5.69 Å². The second-order valence-corrected chi connectivity index (χ2v) is 4.35. The zero-order chi connectivity index (χ0) is 16.0. The molecule has 1 rings (SSSR count). The number of hydrogen-bond donors (Lipinski definition) is 1. The van der Waals surface area contributed by atoms with Gasteiger partial charge in [0.05, 0.1) is 31.3 Å². The highest BCUT2D eigenvalue weighted by Gasteiger charge is 2.30. The van der Waals surface area contributed by atoms with E-state index in [0.29, 0.717) is 5.56 Å². The fourth-order valence-electron chi connectivity index (χ4n) is 1.83. The summed E-state index contributed by atoms with van der Waals surface area (Å²) in [5, 5.41) is 19.6. The normalized spacial score (nSPS) is 11.7. The quantitative estimate of drug-likeness (QED) is 0.615. The molecule has 0 amide bonds. The molecule has 21 heavy (non-hydrogen) atoms. The van der Waals surface area contributed by atoms with Gasteiger partial charge in [0.15, 0.2) is 0 Å². The molecule has 0 aliphatic rings. The molecule has 9 heteroatoms. The molecule has 0 unspecified atom stereocenters. The third-order valence-corrected chi connectivity index (χ3v) is 2.62. The number of aliphatic hydroxyl groups is 1. The second kappa shape index (κ2) is 7.23. The van der Waals surface area contributed by atoms with Crippen LogP contribution in [0, 0.1) is 10.1 Å². The predicted molar refractivity (Wildman–Crippen MR) is 68.1 cm³/mol. The fourth-order valence-corrected chi connectivity index (χ4v) is 1.83. The van der Waals surface area contributed by atoms with Gasteiger partial charge in [0.2, 0.25) is 0 Å². The number of hydrogen-bond acceptors (Lipinski definition) is 5. The average molecular weight is 308 g/mol. The highest BCUT2D eigenvalue weighted by molar-refractivity contribution is 5.42. The number of nitrogens with zero attached hydrogens (tertiary/aromatic N) is 2. The number of halogens is 3. The van der Waals surface area contributed by atoms with E-state index in [1.807, 2.05) is 0 Å². The summed E-state index contributed by atoms with van der Waals surface area (Å²) in [6.45, 7) is -2.02. The zero-order valence-corrected chi connectivity index (χ0v) is 11.3. The third-order valence-electron chi connectivity index (χ3n) is 2.62. The van der Waals surface area contributed by atoms with E-state index in [2.05, 4.69) is 0 Å². The number of nitro benzene ring substituents is 1. The molecule has 6 nitrogen and oxygen atoms in total. The Morgan fingerprint density at radius 2 is 2.05 bits per heavy atom. The summed E-state index contributed by atoms with van der Waals surface area (Å²) in [5.74, 6) is 0.190. The van der Waals surface area contributed by atoms with E-state index in [-0.39, 0.29) is 24.5 Å². The van der Waals surface area contributed by atoms with Crippen LogP contribution < -0.4 is 4.74 Å². The fraction of sp³-hybridized carbons (Fsp3) is 0.500. The summed E-state index contributed by atoms with van der Waals surface area (Å²) in [5.41, 5.74) is 0.0408. The highest BCUT2D eigenvalue weighted by atomic mass is 19.4. The van der Waals surface area contributed by atoms with Crippen molar-refractivity contribution in [2.24, 2.45) is 0 Å². The molecule has 0 radical (unpaired) electrons. The number of ether oxygens (including phenoxy) is 1. The van der Waals surface area contributed by atoms with Gasteiger partial charge in [0, 0.05) is 19.2 Å². The molecule has 1 aromatic rings. The molecule has 0 saturated carbocycles. The van der Waals surface area contributed by atoms with E-state index in [9.17, 15) is 23.3 Å². The van der Waals surface area contributed by atoms with Gasteiger partial charge in [-0.25, -0.2) is 0 Å². The lowest BCUT2D eigenvalue weighted by Gasteiger charge is -2.22. The minimum atomic E-state index is -4.42. The van der Waals surface area contributed by atoms with E-state index in [1.54, 1.807) is 0 Å². The molecule has 1 aromatic carbocycles. The Morgan fingerprint density at radius 1 is 1.38 bits per heavy atom. The molecule has 0 bridgehead atoms. The third kappa shape index (κ3) is 5.96. The maximum Gasteiger partial charge on any atom is 0.401 e. The van der Waals surface area contributed by atoms with Crippen molar-refractivity contribution in [1.82, 2.24) is 4.90 Å². The van der Waals surface area contributed by atoms with Crippen molar-refractivity contribution in [2.45, 2.75) is 12.7 Å². The van der Waals surface area contributed by atoms with Crippen LogP contribution in [0.5, 0.6) is 5.75 Å². The Balaban J connectivity index is 2.96. The largest absolute Gasteiger partial charge is 0.496 e. The first kappa shape index (κ1) is 17.2. The number of rotatable bonds is 7. The molecule has 0 saturated heterocycles. The van der Waals surface area contributed by atoms with Gasteiger partial charge in [-0.2, -0.15) is 13.2 Å². The molecule has 0 heterocycles. The van der Waals surface area contributed by atoms with Crippen molar-refractivity contribution in [3.05, 3.63) is 33.9 Å². The van der Waals surface area contributed by atoms with Crippen LogP contribution in [0.25, 0.3) is 0 Å². The Labute approximate surface area is 118 Å². The van der Waals surface area contributed by atoms with Gasteiger partial charge < -0.3 is 9.84 Å². The number of methoxy groups -OCH3 is 1. The molecule has 1 N–H and O–H groups in total. The lowest BCUT2D eigenvalue weighted by molar-refractivity contribution is -0.385. The average Bonchev–Trinajstić information content (AvgIpc) is 2.36. The Kier molecular flexibility index (Phi) is 5.91. The summed E-state index contributed by atoms with van der Waals surface area (Å²) >= 11 is 0. The minimum Gasteiger partial charge on any atom is -0.496 e. The van der Waals surface area contributed by atoms with Crippen LogP contribution in [0.2, 0.25) is 0 Å². The SMILES string of the molecule is COc1cc(CN(CCO)CC(F)(F)F)cc([N+](=O)[O-])c1. The second-order valence-electron chi connectivity index (χ2n) is 4.35. The van der Waals surface area contributed by atoms with Crippen LogP contribution in [0.3, 0.4) is 0 Å². The zero-order valence-electron chi connectivity index (χ0n) is 11.3. The first-order valence-electron chi connectivity index (χ1n) is 5.97. The summed E-state index contributed by atoms with van der Waals surface area (Å²) < 4.78 is 42.2. The maximum atomic E-state index is 12.4. The molecule has 0 atom stereocenters. The number of alkyl halides is 3. The number of benzene rings is 1. The number of nitro groups is 1. The Hall–Kier alpha value is -1.87. The number of non-ortho nitro benzene ring substituents is 1. The minimum absolute atomic E-state index is 0.182. The molecule has 118 valence electrons. The topological polar surface area (TPSA) is 75.8 Å². The standard InChI is InChI=1S/C12H15F3N2O4/c1-21-11-5-9(4-10(6-11)17(19)20)7-16(2-3-18)8-12(13,14)15/h4-6,18H,2-3,7-8H2,1H3. The van der Waals surface area contributed by atoms with Crippen LogP contribution in [0.15, 0.2) is 18.2 Å². The number of aliphatic hydroxyl groups excluding tert-OH is 1. The van der Waals surface area contributed by atoms with E-state index in [1.165, 1.54) is 25.3 Å². The van der Waals surface area contributed by atoms with E-state index < -0.39 is 24.3 Å². The smallest absolute Gasteiger partial charge is 0.401 e. The summed E-state index contributed by atoms with van der Waals surface area (Å²) in [7, 11) is 1.31. The summed E-state index contributed by atoms with van der Waals surface area (Å²) in [6, 6.07) is 3.79. The van der Waals surface area contributed by atoms with Gasteiger partial charge in [-0.1, -0.05) is 0 Å². The van der Waals surface area contributed by atoms with E-state index in [4.69, 9.17) is 9.84 Å². The van der Waals surface area contributed by atoms with Gasteiger partial charge in [-0.3, -0.25) is 15.0 Å².